The largest absolute Gasteiger partial charge is 0.347 e. The molecule has 1 unspecified atom stereocenters. The lowest BCUT2D eigenvalue weighted by atomic mass is 10.2. The molecule has 0 aliphatic rings. The number of imidazole rings is 1. The van der Waals surface area contributed by atoms with E-state index in [1.54, 1.807) is 12.4 Å². The quantitative estimate of drug-likeness (QED) is 0.764. The van der Waals surface area contributed by atoms with Crippen LogP contribution in [0, 0.1) is 0 Å². The molecule has 1 amide bonds. The van der Waals surface area contributed by atoms with Crippen molar-refractivity contribution in [3.8, 4) is 0 Å². The summed E-state index contributed by atoms with van der Waals surface area (Å²) in [6, 6.07) is -0.102. The van der Waals surface area contributed by atoms with Crippen molar-refractivity contribution in [2.45, 2.75) is 39.2 Å². The highest BCUT2D eigenvalue weighted by molar-refractivity contribution is 5.83. The Morgan fingerprint density at radius 1 is 1.50 bits per heavy atom. The van der Waals surface area contributed by atoms with Crippen molar-refractivity contribution in [2.24, 2.45) is 0 Å². The zero-order valence-corrected chi connectivity index (χ0v) is 9.62. The maximum atomic E-state index is 11.5. The average Bonchev–Trinajstić information content (AvgIpc) is 2.76. The van der Waals surface area contributed by atoms with E-state index in [-0.39, 0.29) is 24.2 Å². The Morgan fingerprint density at radius 2 is 2.25 bits per heavy atom. The van der Waals surface area contributed by atoms with Gasteiger partial charge in [0, 0.05) is 25.2 Å². The molecule has 0 spiro atoms. The summed E-state index contributed by atoms with van der Waals surface area (Å²) >= 11 is 0. The SMILES string of the molecule is CCC(NC(=O)CCC(C)=O)c1ncc[nH]1. The van der Waals surface area contributed by atoms with Gasteiger partial charge in [-0.15, -0.1) is 0 Å². The third kappa shape index (κ3) is 3.84. The van der Waals surface area contributed by atoms with E-state index < -0.39 is 0 Å². The molecule has 1 heterocycles. The first-order valence-corrected chi connectivity index (χ1v) is 5.41. The number of ketones is 1. The van der Waals surface area contributed by atoms with Crippen molar-refractivity contribution in [1.29, 1.82) is 0 Å². The zero-order chi connectivity index (χ0) is 12.0. The molecule has 16 heavy (non-hydrogen) atoms. The molecular weight excluding hydrogens is 206 g/mol. The summed E-state index contributed by atoms with van der Waals surface area (Å²) in [6.45, 7) is 3.45. The van der Waals surface area contributed by atoms with E-state index in [0.29, 0.717) is 6.42 Å². The van der Waals surface area contributed by atoms with Crippen LogP contribution < -0.4 is 5.32 Å². The molecule has 1 atom stereocenters. The van der Waals surface area contributed by atoms with Crippen molar-refractivity contribution in [3.63, 3.8) is 0 Å². The lowest BCUT2D eigenvalue weighted by Crippen LogP contribution is -2.29. The van der Waals surface area contributed by atoms with Gasteiger partial charge >= 0.3 is 0 Å². The Kier molecular flexibility index (Phi) is 4.69. The van der Waals surface area contributed by atoms with Gasteiger partial charge < -0.3 is 15.1 Å². The second-order valence-electron chi connectivity index (χ2n) is 3.70. The predicted molar refractivity (Wildman–Crippen MR) is 59.7 cm³/mol. The number of amides is 1. The number of aromatic nitrogens is 2. The second kappa shape index (κ2) is 6.05. The Morgan fingerprint density at radius 3 is 2.75 bits per heavy atom. The van der Waals surface area contributed by atoms with Crippen LogP contribution in [0.5, 0.6) is 0 Å². The first-order valence-electron chi connectivity index (χ1n) is 5.41. The third-order valence-electron chi connectivity index (χ3n) is 2.30. The number of hydrogen-bond donors (Lipinski definition) is 2. The topological polar surface area (TPSA) is 74.8 Å². The monoisotopic (exact) mass is 223 g/mol. The predicted octanol–water partition coefficient (Wildman–Crippen LogP) is 1.35. The number of H-pyrrole nitrogens is 1. The van der Waals surface area contributed by atoms with Crippen LogP contribution in [0.4, 0.5) is 0 Å². The third-order valence-corrected chi connectivity index (χ3v) is 2.30. The zero-order valence-electron chi connectivity index (χ0n) is 9.62. The van der Waals surface area contributed by atoms with Gasteiger partial charge in [0.1, 0.15) is 11.6 Å². The standard InChI is InChI=1S/C11H17N3O2/c1-3-9(11-12-6-7-13-11)14-10(16)5-4-8(2)15/h6-7,9H,3-5H2,1-2H3,(H,12,13)(H,14,16). The number of hydrogen-bond acceptors (Lipinski definition) is 3. The van der Waals surface area contributed by atoms with E-state index in [1.165, 1.54) is 6.92 Å². The second-order valence-corrected chi connectivity index (χ2v) is 3.70. The van der Waals surface area contributed by atoms with Gasteiger partial charge in [-0.25, -0.2) is 4.98 Å². The van der Waals surface area contributed by atoms with E-state index in [4.69, 9.17) is 0 Å². The Balaban J connectivity index is 2.45. The summed E-state index contributed by atoms with van der Waals surface area (Å²) < 4.78 is 0. The molecule has 0 aliphatic carbocycles. The molecule has 0 fully saturated rings. The van der Waals surface area contributed by atoms with Crippen LogP contribution in [0.1, 0.15) is 45.0 Å². The molecule has 0 aromatic carbocycles. The molecule has 2 N–H and O–H groups in total. The van der Waals surface area contributed by atoms with Crippen LogP contribution in [0.15, 0.2) is 12.4 Å². The minimum atomic E-state index is -0.113. The van der Waals surface area contributed by atoms with Gasteiger partial charge in [-0.1, -0.05) is 6.92 Å². The summed E-state index contributed by atoms with van der Waals surface area (Å²) in [5.41, 5.74) is 0. The summed E-state index contributed by atoms with van der Waals surface area (Å²) in [5.74, 6) is 0.665. The molecule has 0 saturated heterocycles. The first kappa shape index (κ1) is 12.4. The number of Topliss-reactive ketones (excluding diaryl/α,β-unsaturated/α-hetero) is 1. The maximum absolute atomic E-state index is 11.5. The van der Waals surface area contributed by atoms with Crippen molar-refractivity contribution in [2.75, 3.05) is 0 Å². The number of carbonyl (C=O) groups excluding carboxylic acids is 2. The molecule has 5 heteroatoms. The fraction of sp³-hybridized carbons (Fsp3) is 0.545. The molecule has 5 nitrogen and oxygen atoms in total. The fourth-order valence-electron chi connectivity index (χ4n) is 1.39. The smallest absolute Gasteiger partial charge is 0.221 e. The van der Waals surface area contributed by atoms with Crippen LogP contribution in [0.25, 0.3) is 0 Å². The van der Waals surface area contributed by atoms with E-state index in [9.17, 15) is 9.59 Å². The minimum absolute atomic E-state index is 0.0289. The number of rotatable bonds is 6. The van der Waals surface area contributed by atoms with Gasteiger partial charge in [-0.05, 0) is 13.3 Å². The van der Waals surface area contributed by atoms with E-state index in [0.717, 1.165) is 12.2 Å². The van der Waals surface area contributed by atoms with Gasteiger partial charge in [-0.3, -0.25) is 4.79 Å². The molecule has 0 radical (unpaired) electrons. The molecule has 1 aromatic heterocycles. The maximum Gasteiger partial charge on any atom is 0.221 e. The lowest BCUT2D eigenvalue weighted by Gasteiger charge is -2.14. The van der Waals surface area contributed by atoms with Gasteiger partial charge in [0.15, 0.2) is 0 Å². The van der Waals surface area contributed by atoms with Crippen LogP contribution in [0.2, 0.25) is 0 Å². The highest BCUT2D eigenvalue weighted by Gasteiger charge is 2.14. The number of nitrogens with one attached hydrogen (secondary N) is 2. The summed E-state index contributed by atoms with van der Waals surface area (Å²) in [6.07, 6.45) is 4.67. The normalized spacial score (nSPS) is 12.1. The van der Waals surface area contributed by atoms with E-state index in [2.05, 4.69) is 15.3 Å². The van der Waals surface area contributed by atoms with Gasteiger partial charge in [0.2, 0.25) is 5.91 Å². The van der Waals surface area contributed by atoms with Crippen LogP contribution in [-0.4, -0.2) is 21.7 Å². The van der Waals surface area contributed by atoms with E-state index >= 15 is 0 Å². The molecule has 88 valence electrons. The Hall–Kier alpha value is -1.65. The van der Waals surface area contributed by atoms with Crippen molar-refractivity contribution in [1.82, 2.24) is 15.3 Å². The molecule has 1 aromatic rings. The molecule has 0 saturated carbocycles. The highest BCUT2D eigenvalue weighted by Crippen LogP contribution is 2.11. The molecule has 1 rings (SSSR count). The average molecular weight is 223 g/mol. The first-order chi connectivity index (χ1) is 7.63. The van der Waals surface area contributed by atoms with Crippen LogP contribution >= 0.6 is 0 Å². The minimum Gasteiger partial charge on any atom is -0.347 e. The van der Waals surface area contributed by atoms with Crippen molar-refractivity contribution in [3.05, 3.63) is 18.2 Å². The van der Waals surface area contributed by atoms with Crippen molar-refractivity contribution >= 4 is 11.7 Å². The summed E-state index contributed by atoms with van der Waals surface area (Å²) in [4.78, 5) is 29.3. The van der Waals surface area contributed by atoms with Crippen LogP contribution in [-0.2, 0) is 9.59 Å². The number of nitrogens with zero attached hydrogens (tertiary/aromatic N) is 1. The fourth-order valence-corrected chi connectivity index (χ4v) is 1.39. The Bertz CT molecular complexity index is 346. The summed E-state index contributed by atoms with van der Waals surface area (Å²) in [7, 11) is 0. The Labute approximate surface area is 94.7 Å². The van der Waals surface area contributed by atoms with Gasteiger partial charge in [-0.2, -0.15) is 0 Å². The van der Waals surface area contributed by atoms with Crippen LogP contribution in [0.3, 0.4) is 0 Å². The van der Waals surface area contributed by atoms with Gasteiger partial charge in [0.05, 0.1) is 6.04 Å². The van der Waals surface area contributed by atoms with E-state index in [1.807, 2.05) is 6.92 Å². The highest BCUT2D eigenvalue weighted by atomic mass is 16.2. The molecular formula is C11H17N3O2. The lowest BCUT2D eigenvalue weighted by molar-refractivity contribution is -0.125. The van der Waals surface area contributed by atoms with Gasteiger partial charge in [0.25, 0.3) is 0 Å². The molecule has 0 aliphatic heterocycles. The summed E-state index contributed by atoms with van der Waals surface area (Å²) in [5, 5.41) is 2.84. The number of carbonyl (C=O) groups is 2. The van der Waals surface area contributed by atoms with Crippen molar-refractivity contribution < 1.29 is 9.59 Å². The number of aromatic amines is 1. The molecule has 0 bridgehead atoms.